The molecule has 4 rings (SSSR count). The Morgan fingerprint density at radius 2 is 1.71 bits per heavy atom. The highest BCUT2D eigenvalue weighted by Gasteiger charge is 2.35. The lowest BCUT2D eigenvalue weighted by molar-refractivity contribution is -0.137. The molecule has 0 radical (unpaired) electrons. The number of amides is 1. The molecule has 1 N–H and O–H groups in total. The van der Waals surface area contributed by atoms with Crippen molar-refractivity contribution in [1.29, 1.82) is 0 Å². The number of halogens is 4. The minimum atomic E-state index is -4.73. The Balaban J connectivity index is 1.71. The second kappa shape index (κ2) is 9.91. The molecule has 35 heavy (non-hydrogen) atoms. The molecule has 1 aliphatic rings. The van der Waals surface area contributed by atoms with Crippen molar-refractivity contribution < 1.29 is 26.4 Å². The van der Waals surface area contributed by atoms with Gasteiger partial charge in [0.1, 0.15) is 6.54 Å². The predicted octanol–water partition coefficient (Wildman–Crippen LogP) is 5.75. The lowest BCUT2D eigenvalue weighted by Gasteiger charge is -2.29. The van der Waals surface area contributed by atoms with Crippen molar-refractivity contribution in [3.8, 4) is 0 Å². The molecule has 3 aromatic rings. The summed E-state index contributed by atoms with van der Waals surface area (Å²) in [5.74, 6) is -0.653. The lowest BCUT2D eigenvalue weighted by atomic mass is 9.88. The lowest BCUT2D eigenvalue weighted by Crippen LogP contribution is -2.42. The van der Waals surface area contributed by atoms with Crippen LogP contribution in [0.3, 0.4) is 0 Å². The number of alkyl halides is 3. The van der Waals surface area contributed by atoms with Gasteiger partial charge in [-0.25, -0.2) is 8.42 Å². The number of carbonyl (C=O) groups excluding carboxylic acids is 1. The first-order chi connectivity index (χ1) is 16.6. The van der Waals surface area contributed by atoms with Crippen molar-refractivity contribution in [2.24, 2.45) is 0 Å². The number of anilines is 1. The third kappa shape index (κ3) is 5.46. The van der Waals surface area contributed by atoms with E-state index in [0.29, 0.717) is 16.8 Å². The summed E-state index contributed by atoms with van der Waals surface area (Å²) in [7, 11) is -4.41. The molecule has 1 aliphatic carbocycles. The van der Waals surface area contributed by atoms with Crippen molar-refractivity contribution in [2.75, 3.05) is 10.8 Å². The van der Waals surface area contributed by atoms with Gasteiger partial charge in [0.15, 0.2) is 0 Å². The number of hydrogen-bond acceptors (Lipinski definition) is 3. The van der Waals surface area contributed by atoms with Crippen molar-refractivity contribution in [1.82, 2.24) is 5.32 Å². The topological polar surface area (TPSA) is 66.5 Å². The van der Waals surface area contributed by atoms with E-state index >= 15 is 0 Å². The third-order valence-electron chi connectivity index (χ3n) is 5.87. The van der Waals surface area contributed by atoms with E-state index in [0.717, 1.165) is 36.1 Å². The highest BCUT2D eigenvalue weighted by molar-refractivity contribution is 7.92. The average Bonchev–Trinajstić information content (AvgIpc) is 2.83. The SMILES string of the molecule is O=C(CN(c1cc(C(F)(F)F)ccc1Cl)S(=O)(=O)c1ccccc1)N[C@@H]1CCCc2ccccc21. The molecule has 184 valence electrons. The Morgan fingerprint density at radius 1 is 1.03 bits per heavy atom. The maximum atomic E-state index is 13.5. The van der Waals surface area contributed by atoms with Crippen LogP contribution in [0.2, 0.25) is 5.02 Å². The third-order valence-corrected chi connectivity index (χ3v) is 7.96. The fourth-order valence-corrected chi connectivity index (χ4v) is 5.90. The number of nitrogens with one attached hydrogen (secondary N) is 1. The highest BCUT2D eigenvalue weighted by atomic mass is 35.5. The summed E-state index contributed by atoms with van der Waals surface area (Å²) < 4.78 is 67.8. The van der Waals surface area contributed by atoms with Crippen LogP contribution < -0.4 is 9.62 Å². The molecule has 3 aromatic carbocycles. The van der Waals surface area contributed by atoms with E-state index in [1.807, 2.05) is 24.3 Å². The van der Waals surface area contributed by atoms with Crippen LogP contribution in [0.1, 0.15) is 35.6 Å². The minimum Gasteiger partial charge on any atom is -0.348 e. The number of nitrogens with zero attached hydrogens (tertiary/aromatic N) is 1. The van der Waals surface area contributed by atoms with E-state index in [4.69, 9.17) is 11.6 Å². The molecule has 0 unspecified atom stereocenters. The number of aryl methyl sites for hydroxylation is 1. The quantitative estimate of drug-likeness (QED) is 0.448. The molecule has 0 bridgehead atoms. The Kier molecular flexibility index (Phi) is 7.10. The summed E-state index contributed by atoms with van der Waals surface area (Å²) in [4.78, 5) is 12.9. The van der Waals surface area contributed by atoms with E-state index in [-0.39, 0.29) is 16.0 Å². The molecular weight excluding hydrogens is 501 g/mol. The fraction of sp³-hybridized carbons (Fsp3) is 0.240. The smallest absolute Gasteiger partial charge is 0.348 e. The summed E-state index contributed by atoms with van der Waals surface area (Å²) >= 11 is 6.17. The molecular formula is C25H22ClF3N2O3S. The first-order valence-electron chi connectivity index (χ1n) is 10.9. The van der Waals surface area contributed by atoms with Crippen LogP contribution in [-0.2, 0) is 27.4 Å². The summed E-state index contributed by atoms with van der Waals surface area (Å²) in [6.45, 7) is -0.739. The summed E-state index contributed by atoms with van der Waals surface area (Å²) in [6.07, 6.45) is -2.35. The molecule has 0 saturated heterocycles. The van der Waals surface area contributed by atoms with E-state index in [1.54, 1.807) is 6.07 Å². The normalized spacial score (nSPS) is 15.8. The van der Waals surface area contributed by atoms with Gasteiger partial charge in [0.05, 0.1) is 27.2 Å². The standard InChI is InChI=1S/C25H22ClF3N2O3S/c26-21-14-13-18(25(27,28)29)15-23(21)31(35(33,34)19-9-2-1-3-10-19)16-24(32)30-22-12-6-8-17-7-4-5-11-20(17)22/h1-5,7,9-11,13-15,22H,6,8,12,16H2,(H,30,32)/t22-/m1/s1. The fourth-order valence-electron chi connectivity index (χ4n) is 4.17. The van der Waals surface area contributed by atoms with Gasteiger partial charge in [-0.15, -0.1) is 0 Å². The maximum Gasteiger partial charge on any atom is 0.416 e. The number of rotatable bonds is 6. The highest BCUT2D eigenvalue weighted by Crippen LogP contribution is 2.37. The van der Waals surface area contributed by atoms with Crippen LogP contribution in [0.4, 0.5) is 18.9 Å². The van der Waals surface area contributed by atoms with Crippen LogP contribution in [0.25, 0.3) is 0 Å². The second-order valence-corrected chi connectivity index (χ2v) is 10.5. The number of benzene rings is 3. The summed E-state index contributed by atoms with van der Waals surface area (Å²) in [6, 6.07) is 16.9. The average molecular weight is 523 g/mol. The molecule has 5 nitrogen and oxygen atoms in total. The van der Waals surface area contributed by atoms with Gasteiger partial charge in [0.25, 0.3) is 10.0 Å². The molecule has 1 atom stereocenters. The Hall–Kier alpha value is -3.04. The van der Waals surface area contributed by atoms with Gasteiger partial charge >= 0.3 is 6.18 Å². The van der Waals surface area contributed by atoms with Gasteiger partial charge in [0.2, 0.25) is 5.91 Å². The number of sulfonamides is 1. The van der Waals surface area contributed by atoms with Crippen LogP contribution in [0.5, 0.6) is 0 Å². The monoisotopic (exact) mass is 522 g/mol. The molecule has 1 amide bonds. The molecule has 0 spiro atoms. The molecule has 10 heteroatoms. The molecule has 0 heterocycles. The summed E-state index contributed by atoms with van der Waals surface area (Å²) in [5, 5.41) is 2.62. The van der Waals surface area contributed by atoms with Crippen LogP contribution in [0.15, 0.2) is 77.7 Å². The zero-order valence-electron chi connectivity index (χ0n) is 18.4. The number of carbonyl (C=O) groups is 1. The van der Waals surface area contributed by atoms with Gasteiger partial charge in [-0.3, -0.25) is 9.10 Å². The zero-order chi connectivity index (χ0) is 25.2. The molecule has 0 aliphatic heterocycles. The molecule has 0 saturated carbocycles. The van der Waals surface area contributed by atoms with Crippen LogP contribution >= 0.6 is 11.6 Å². The predicted molar refractivity (Wildman–Crippen MR) is 128 cm³/mol. The first kappa shape index (κ1) is 25.1. The number of hydrogen-bond donors (Lipinski definition) is 1. The summed E-state index contributed by atoms with van der Waals surface area (Å²) in [5.41, 5.74) is 0.539. The minimum absolute atomic E-state index is 0.177. The Bertz CT molecular complexity index is 1330. The number of fused-ring (bicyclic) bond motifs is 1. The van der Waals surface area contributed by atoms with Crippen molar-refractivity contribution in [3.05, 3.63) is 94.5 Å². The zero-order valence-corrected chi connectivity index (χ0v) is 20.0. The van der Waals surface area contributed by atoms with Gasteiger partial charge in [-0.2, -0.15) is 13.2 Å². The van der Waals surface area contributed by atoms with E-state index in [2.05, 4.69) is 5.32 Å². The second-order valence-electron chi connectivity index (χ2n) is 8.20. The first-order valence-corrected chi connectivity index (χ1v) is 12.7. The van der Waals surface area contributed by atoms with Crippen molar-refractivity contribution >= 4 is 33.2 Å². The van der Waals surface area contributed by atoms with Gasteiger partial charge in [0, 0.05) is 0 Å². The van der Waals surface area contributed by atoms with Gasteiger partial charge in [-0.05, 0) is 60.7 Å². The largest absolute Gasteiger partial charge is 0.416 e. The van der Waals surface area contributed by atoms with E-state index < -0.39 is 39.9 Å². The Labute approximate surface area is 206 Å². The molecule has 0 fully saturated rings. The maximum absolute atomic E-state index is 13.5. The van der Waals surface area contributed by atoms with Gasteiger partial charge in [-0.1, -0.05) is 54.1 Å². The van der Waals surface area contributed by atoms with E-state index in [1.165, 1.54) is 24.3 Å². The van der Waals surface area contributed by atoms with E-state index in [9.17, 15) is 26.4 Å². The van der Waals surface area contributed by atoms with Crippen molar-refractivity contribution in [3.63, 3.8) is 0 Å². The van der Waals surface area contributed by atoms with Gasteiger partial charge < -0.3 is 5.32 Å². The van der Waals surface area contributed by atoms with Crippen LogP contribution in [0, 0.1) is 0 Å². The van der Waals surface area contributed by atoms with Crippen LogP contribution in [-0.4, -0.2) is 20.9 Å². The van der Waals surface area contributed by atoms with Crippen molar-refractivity contribution in [2.45, 2.75) is 36.4 Å². The Morgan fingerprint density at radius 3 is 2.43 bits per heavy atom. The molecule has 0 aromatic heterocycles.